The molecule has 1 aliphatic rings. The van der Waals surface area contributed by atoms with Crippen LogP contribution in [0.5, 0.6) is 0 Å². The van der Waals surface area contributed by atoms with Crippen LogP contribution in [-0.4, -0.2) is 22.9 Å². The zero-order valence-electron chi connectivity index (χ0n) is 7.54. The maximum atomic E-state index is 4.29. The van der Waals surface area contributed by atoms with Crippen molar-refractivity contribution in [1.82, 2.24) is 15.1 Å². The van der Waals surface area contributed by atoms with E-state index in [4.69, 9.17) is 0 Å². The highest BCUT2D eigenvalue weighted by Gasteiger charge is 2.13. The van der Waals surface area contributed by atoms with Gasteiger partial charge in [-0.3, -0.25) is 4.68 Å². The maximum absolute atomic E-state index is 4.29. The minimum Gasteiger partial charge on any atom is -0.316 e. The lowest BCUT2D eigenvalue weighted by molar-refractivity contribution is 0.325. The fraction of sp³-hybridized carbons (Fsp3) is 0.667. The summed E-state index contributed by atoms with van der Waals surface area (Å²) >= 11 is 2.30. The third-order valence-corrected chi connectivity index (χ3v) is 3.00. The molecule has 72 valence electrons. The van der Waals surface area contributed by atoms with Crippen molar-refractivity contribution in [3.8, 4) is 0 Å². The van der Waals surface area contributed by atoms with Crippen molar-refractivity contribution < 1.29 is 0 Å². The quantitative estimate of drug-likeness (QED) is 0.837. The lowest BCUT2D eigenvalue weighted by Crippen LogP contribution is -2.32. The first-order valence-corrected chi connectivity index (χ1v) is 5.81. The van der Waals surface area contributed by atoms with E-state index in [2.05, 4.69) is 43.9 Å². The second kappa shape index (κ2) is 4.41. The topological polar surface area (TPSA) is 29.9 Å². The highest BCUT2D eigenvalue weighted by molar-refractivity contribution is 14.1. The van der Waals surface area contributed by atoms with Gasteiger partial charge in [-0.15, -0.1) is 0 Å². The predicted octanol–water partition coefficient (Wildman–Crippen LogP) is 1.49. The van der Waals surface area contributed by atoms with Crippen molar-refractivity contribution in [2.75, 3.05) is 13.1 Å². The molecule has 0 radical (unpaired) electrons. The molecule has 0 aliphatic carbocycles. The van der Waals surface area contributed by atoms with Crippen LogP contribution in [0.25, 0.3) is 0 Å². The first-order chi connectivity index (χ1) is 6.34. The third-order valence-electron chi connectivity index (χ3n) is 2.45. The average molecular weight is 291 g/mol. The van der Waals surface area contributed by atoms with Crippen molar-refractivity contribution in [3.05, 3.63) is 16.0 Å². The van der Waals surface area contributed by atoms with E-state index in [1.165, 1.54) is 23.0 Å². The fourth-order valence-corrected chi connectivity index (χ4v) is 2.23. The molecule has 0 saturated carbocycles. The predicted molar refractivity (Wildman–Crippen MR) is 60.5 cm³/mol. The molecular formula is C9H14IN3. The van der Waals surface area contributed by atoms with Crippen molar-refractivity contribution >= 4 is 22.6 Å². The van der Waals surface area contributed by atoms with Crippen LogP contribution in [0.4, 0.5) is 0 Å². The van der Waals surface area contributed by atoms with E-state index in [1.54, 1.807) is 0 Å². The molecule has 1 fully saturated rings. The summed E-state index contributed by atoms with van der Waals surface area (Å²) in [5.74, 6) is 0.768. The lowest BCUT2D eigenvalue weighted by Gasteiger charge is -2.22. The minimum atomic E-state index is 0.768. The van der Waals surface area contributed by atoms with Crippen LogP contribution in [0.2, 0.25) is 0 Å². The van der Waals surface area contributed by atoms with E-state index in [1.807, 2.05) is 6.20 Å². The Kier molecular flexibility index (Phi) is 3.21. The number of nitrogens with zero attached hydrogens (tertiary/aromatic N) is 2. The molecule has 13 heavy (non-hydrogen) atoms. The van der Waals surface area contributed by atoms with E-state index >= 15 is 0 Å². The summed E-state index contributed by atoms with van der Waals surface area (Å²) < 4.78 is 3.28. The zero-order chi connectivity index (χ0) is 9.10. The summed E-state index contributed by atoms with van der Waals surface area (Å²) in [6.07, 6.45) is 6.67. The van der Waals surface area contributed by atoms with E-state index in [0.717, 1.165) is 19.0 Å². The molecule has 0 spiro atoms. The fourth-order valence-electron chi connectivity index (χ4n) is 1.78. The van der Waals surface area contributed by atoms with Gasteiger partial charge in [-0.1, -0.05) is 0 Å². The number of hydrogen-bond donors (Lipinski definition) is 1. The zero-order valence-corrected chi connectivity index (χ0v) is 9.70. The molecule has 1 atom stereocenters. The van der Waals surface area contributed by atoms with Crippen LogP contribution in [-0.2, 0) is 6.54 Å². The Morgan fingerprint density at radius 1 is 1.69 bits per heavy atom. The van der Waals surface area contributed by atoms with E-state index in [-0.39, 0.29) is 0 Å². The van der Waals surface area contributed by atoms with Gasteiger partial charge in [0.25, 0.3) is 0 Å². The van der Waals surface area contributed by atoms with Gasteiger partial charge in [-0.2, -0.15) is 5.10 Å². The molecule has 0 bridgehead atoms. The molecule has 1 aromatic heterocycles. The molecule has 1 saturated heterocycles. The van der Waals surface area contributed by atoms with E-state index in [0.29, 0.717) is 0 Å². The van der Waals surface area contributed by atoms with Crippen molar-refractivity contribution in [1.29, 1.82) is 0 Å². The molecule has 4 heteroatoms. The normalized spacial score (nSPS) is 23.3. The number of aromatic nitrogens is 2. The van der Waals surface area contributed by atoms with Gasteiger partial charge in [0, 0.05) is 12.7 Å². The monoisotopic (exact) mass is 291 g/mol. The molecule has 3 nitrogen and oxygen atoms in total. The van der Waals surface area contributed by atoms with Gasteiger partial charge >= 0.3 is 0 Å². The van der Waals surface area contributed by atoms with Gasteiger partial charge in [0.05, 0.1) is 9.77 Å². The Morgan fingerprint density at radius 3 is 3.23 bits per heavy atom. The minimum absolute atomic E-state index is 0.768. The highest BCUT2D eigenvalue weighted by Crippen LogP contribution is 2.12. The largest absolute Gasteiger partial charge is 0.316 e. The van der Waals surface area contributed by atoms with Crippen molar-refractivity contribution in [2.24, 2.45) is 5.92 Å². The van der Waals surface area contributed by atoms with Gasteiger partial charge in [0.2, 0.25) is 0 Å². The van der Waals surface area contributed by atoms with Gasteiger partial charge < -0.3 is 5.32 Å². The van der Waals surface area contributed by atoms with Gasteiger partial charge in [-0.25, -0.2) is 0 Å². The molecule has 1 aliphatic heterocycles. The van der Waals surface area contributed by atoms with E-state index in [9.17, 15) is 0 Å². The number of halogens is 1. The highest BCUT2D eigenvalue weighted by atomic mass is 127. The maximum Gasteiger partial charge on any atom is 0.0623 e. The Bertz CT molecular complexity index is 266. The SMILES string of the molecule is Ic1cnn(C[C@H]2CCCNC2)c1. The summed E-state index contributed by atoms with van der Waals surface area (Å²) in [6, 6.07) is 0. The number of hydrogen-bond acceptors (Lipinski definition) is 2. The molecule has 2 rings (SSSR count). The van der Waals surface area contributed by atoms with Crippen LogP contribution in [0.15, 0.2) is 12.4 Å². The van der Waals surface area contributed by atoms with Crippen LogP contribution in [0, 0.1) is 9.49 Å². The molecular weight excluding hydrogens is 277 g/mol. The molecule has 0 amide bonds. The van der Waals surface area contributed by atoms with Gasteiger partial charge in [-0.05, 0) is 54.4 Å². The summed E-state index contributed by atoms with van der Waals surface area (Å²) in [5.41, 5.74) is 0. The molecule has 2 heterocycles. The van der Waals surface area contributed by atoms with Gasteiger partial charge in [0.1, 0.15) is 0 Å². The van der Waals surface area contributed by atoms with Crippen LogP contribution in [0.3, 0.4) is 0 Å². The first kappa shape index (κ1) is 9.45. The van der Waals surface area contributed by atoms with Crippen molar-refractivity contribution in [3.63, 3.8) is 0 Å². The Labute approximate surface area is 92.0 Å². The second-order valence-corrected chi connectivity index (χ2v) is 4.84. The molecule has 0 unspecified atom stereocenters. The first-order valence-electron chi connectivity index (χ1n) is 4.73. The van der Waals surface area contributed by atoms with Crippen molar-refractivity contribution in [2.45, 2.75) is 19.4 Å². The number of rotatable bonds is 2. The molecule has 0 aromatic carbocycles. The van der Waals surface area contributed by atoms with Crippen LogP contribution < -0.4 is 5.32 Å². The Morgan fingerprint density at radius 2 is 2.62 bits per heavy atom. The van der Waals surface area contributed by atoms with Crippen LogP contribution >= 0.6 is 22.6 Å². The van der Waals surface area contributed by atoms with E-state index < -0.39 is 0 Å². The smallest absolute Gasteiger partial charge is 0.0623 e. The third kappa shape index (κ3) is 2.67. The summed E-state index contributed by atoms with van der Waals surface area (Å²) in [6.45, 7) is 3.40. The van der Waals surface area contributed by atoms with Gasteiger partial charge in [0.15, 0.2) is 0 Å². The number of piperidine rings is 1. The van der Waals surface area contributed by atoms with Crippen LogP contribution in [0.1, 0.15) is 12.8 Å². The molecule has 1 aromatic rings. The Hall–Kier alpha value is -0.100. The summed E-state index contributed by atoms with van der Waals surface area (Å²) in [7, 11) is 0. The standard InChI is InChI=1S/C9H14IN3/c10-9-5-12-13(7-9)6-8-2-1-3-11-4-8/h5,7-8,11H,1-4,6H2/t8-/m0/s1. The number of nitrogens with one attached hydrogen (secondary N) is 1. The summed E-state index contributed by atoms with van der Waals surface area (Å²) in [5, 5.41) is 7.71. The average Bonchev–Trinajstić information content (AvgIpc) is 2.53. The lowest BCUT2D eigenvalue weighted by atomic mass is 10.00. The second-order valence-electron chi connectivity index (χ2n) is 3.59. The molecule has 1 N–H and O–H groups in total. The summed E-state index contributed by atoms with van der Waals surface area (Å²) in [4.78, 5) is 0. The Balaban J connectivity index is 1.89.